The van der Waals surface area contributed by atoms with Gasteiger partial charge in [0, 0.05) is 6.04 Å². The maximum Gasteiger partial charge on any atom is 0.338 e. The number of carbonyl (C=O) groups excluding carboxylic acids is 1. The van der Waals surface area contributed by atoms with Crippen LogP contribution in [0.2, 0.25) is 0 Å². The summed E-state index contributed by atoms with van der Waals surface area (Å²) in [4.78, 5) is 11.4. The van der Waals surface area contributed by atoms with Crippen LogP contribution in [0, 0.1) is 0 Å². The fourth-order valence-corrected chi connectivity index (χ4v) is 1.45. The van der Waals surface area contributed by atoms with Crippen LogP contribution in [0.5, 0.6) is 0 Å². The van der Waals surface area contributed by atoms with Gasteiger partial charge in [-0.3, -0.25) is 0 Å². The third-order valence-corrected chi connectivity index (χ3v) is 2.24. The highest BCUT2D eigenvalue weighted by Gasteiger charge is 2.15. The number of methoxy groups -OCH3 is 1. The number of ether oxygens (including phenoxy) is 1. The minimum atomic E-state index is -0.363. The molecule has 1 aromatic rings. The summed E-state index contributed by atoms with van der Waals surface area (Å²) in [5.41, 5.74) is 12.6. The Bertz CT molecular complexity index is 345. The van der Waals surface area contributed by atoms with Crippen LogP contribution in [-0.4, -0.2) is 19.6 Å². The number of carbonyl (C=O) groups is 1. The molecule has 90 valence electrons. The number of nitrogens with two attached hydrogens (primary N) is 2. The van der Waals surface area contributed by atoms with Gasteiger partial charge in [-0.15, -0.1) is 12.4 Å². The van der Waals surface area contributed by atoms with Crippen LogP contribution in [-0.2, 0) is 4.74 Å². The van der Waals surface area contributed by atoms with Crippen molar-refractivity contribution in [3.05, 3.63) is 35.4 Å². The molecule has 4 nitrogen and oxygen atoms in total. The molecule has 0 spiro atoms. The molecule has 4 N–H and O–H groups in total. The Morgan fingerprint density at radius 1 is 1.44 bits per heavy atom. The molecule has 0 saturated heterocycles. The van der Waals surface area contributed by atoms with E-state index in [1.807, 2.05) is 12.1 Å². The maximum atomic E-state index is 11.4. The molecule has 0 unspecified atom stereocenters. The molecule has 1 rings (SSSR count). The van der Waals surface area contributed by atoms with Gasteiger partial charge in [0.2, 0.25) is 0 Å². The Hall–Kier alpha value is -1.10. The van der Waals surface area contributed by atoms with Crippen LogP contribution < -0.4 is 11.5 Å². The van der Waals surface area contributed by atoms with Gasteiger partial charge in [0.15, 0.2) is 0 Å². The van der Waals surface area contributed by atoms with Crippen molar-refractivity contribution in [2.75, 3.05) is 13.7 Å². The molecule has 1 aromatic carbocycles. The van der Waals surface area contributed by atoms with Crippen molar-refractivity contribution in [1.29, 1.82) is 0 Å². The molecule has 0 aliphatic rings. The number of halogens is 1. The highest BCUT2D eigenvalue weighted by atomic mass is 35.5. The molecule has 0 amide bonds. The van der Waals surface area contributed by atoms with Gasteiger partial charge >= 0.3 is 5.97 Å². The lowest BCUT2D eigenvalue weighted by molar-refractivity contribution is 0.0599. The minimum absolute atomic E-state index is 0. The molecule has 16 heavy (non-hydrogen) atoms. The number of rotatable bonds is 4. The zero-order chi connectivity index (χ0) is 11.3. The summed E-state index contributed by atoms with van der Waals surface area (Å²) >= 11 is 0. The van der Waals surface area contributed by atoms with Crippen LogP contribution in [0.15, 0.2) is 24.3 Å². The van der Waals surface area contributed by atoms with Gasteiger partial charge in [-0.1, -0.05) is 18.2 Å². The Labute approximate surface area is 101 Å². The molecular formula is C11H17ClN2O2. The molecular weight excluding hydrogens is 228 g/mol. The Morgan fingerprint density at radius 2 is 2.06 bits per heavy atom. The van der Waals surface area contributed by atoms with Crippen molar-refractivity contribution < 1.29 is 9.53 Å². The predicted octanol–water partition coefficient (Wildman–Crippen LogP) is 1.24. The molecule has 0 bridgehead atoms. The molecule has 5 heteroatoms. The van der Waals surface area contributed by atoms with E-state index < -0.39 is 0 Å². The molecule has 0 aliphatic carbocycles. The van der Waals surface area contributed by atoms with Gasteiger partial charge < -0.3 is 16.2 Å². The normalized spacial score (nSPS) is 11.4. The molecule has 0 heterocycles. The second-order valence-corrected chi connectivity index (χ2v) is 3.26. The zero-order valence-electron chi connectivity index (χ0n) is 9.18. The first-order valence-corrected chi connectivity index (χ1v) is 4.83. The van der Waals surface area contributed by atoms with Crippen LogP contribution >= 0.6 is 12.4 Å². The van der Waals surface area contributed by atoms with E-state index in [9.17, 15) is 4.79 Å². The third kappa shape index (κ3) is 3.48. The second-order valence-electron chi connectivity index (χ2n) is 3.26. The lowest BCUT2D eigenvalue weighted by atomic mass is 9.99. The van der Waals surface area contributed by atoms with E-state index in [2.05, 4.69) is 4.74 Å². The smallest absolute Gasteiger partial charge is 0.338 e. The monoisotopic (exact) mass is 244 g/mol. The van der Waals surface area contributed by atoms with Gasteiger partial charge in [0.25, 0.3) is 0 Å². The lowest BCUT2D eigenvalue weighted by Crippen LogP contribution is -2.18. The van der Waals surface area contributed by atoms with Gasteiger partial charge in [0.05, 0.1) is 12.7 Å². The molecule has 0 fully saturated rings. The first-order chi connectivity index (χ1) is 7.20. The highest BCUT2D eigenvalue weighted by molar-refractivity contribution is 5.91. The summed E-state index contributed by atoms with van der Waals surface area (Å²) in [6.07, 6.45) is 0.647. The fraction of sp³-hybridized carbons (Fsp3) is 0.364. The quantitative estimate of drug-likeness (QED) is 0.782. The van der Waals surface area contributed by atoms with Gasteiger partial charge in [0.1, 0.15) is 0 Å². The van der Waals surface area contributed by atoms with E-state index in [0.717, 1.165) is 5.56 Å². The van der Waals surface area contributed by atoms with Crippen molar-refractivity contribution in [2.24, 2.45) is 11.5 Å². The Balaban J connectivity index is 0.00000225. The third-order valence-electron chi connectivity index (χ3n) is 2.24. The van der Waals surface area contributed by atoms with E-state index in [1.165, 1.54) is 7.11 Å². The van der Waals surface area contributed by atoms with E-state index in [-0.39, 0.29) is 24.4 Å². The summed E-state index contributed by atoms with van der Waals surface area (Å²) in [6, 6.07) is 6.94. The highest BCUT2D eigenvalue weighted by Crippen LogP contribution is 2.18. The van der Waals surface area contributed by atoms with Crippen molar-refractivity contribution in [2.45, 2.75) is 12.5 Å². The Kier molecular flexibility index (Phi) is 6.72. The van der Waals surface area contributed by atoms with E-state index in [1.54, 1.807) is 12.1 Å². The van der Waals surface area contributed by atoms with Crippen LogP contribution in [0.3, 0.4) is 0 Å². The van der Waals surface area contributed by atoms with Crippen molar-refractivity contribution in [1.82, 2.24) is 0 Å². The van der Waals surface area contributed by atoms with Gasteiger partial charge in [-0.05, 0) is 24.6 Å². The average Bonchev–Trinajstić information content (AvgIpc) is 2.28. The van der Waals surface area contributed by atoms with Crippen LogP contribution in [0.1, 0.15) is 28.4 Å². The van der Waals surface area contributed by atoms with Crippen molar-refractivity contribution >= 4 is 18.4 Å². The van der Waals surface area contributed by atoms with Crippen LogP contribution in [0.4, 0.5) is 0 Å². The predicted molar refractivity (Wildman–Crippen MR) is 65.6 cm³/mol. The maximum absolute atomic E-state index is 11.4. The van der Waals surface area contributed by atoms with Gasteiger partial charge in [-0.2, -0.15) is 0 Å². The SMILES string of the molecule is COC(=O)c1ccccc1[C@H](N)CCN.Cl. The molecule has 0 saturated carbocycles. The largest absolute Gasteiger partial charge is 0.465 e. The van der Waals surface area contributed by atoms with Crippen molar-refractivity contribution in [3.8, 4) is 0 Å². The first-order valence-electron chi connectivity index (χ1n) is 4.83. The summed E-state index contributed by atoms with van der Waals surface area (Å²) in [5.74, 6) is -0.363. The topological polar surface area (TPSA) is 78.3 Å². The van der Waals surface area contributed by atoms with E-state index >= 15 is 0 Å². The minimum Gasteiger partial charge on any atom is -0.465 e. The fourth-order valence-electron chi connectivity index (χ4n) is 1.45. The molecule has 0 radical (unpaired) electrons. The number of hydrogen-bond acceptors (Lipinski definition) is 4. The number of hydrogen-bond donors (Lipinski definition) is 2. The summed E-state index contributed by atoms with van der Waals surface area (Å²) in [5, 5.41) is 0. The van der Waals surface area contributed by atoms with E-state index in [0.29, 0.717) is 18.5 Å². The van der Waals surface area contributed by atoms with Crippen LogP contribution in [0.25, 0.3) is 0 Å². The number of benzene rings is 1. The first kappa shape index (κ1) is 14.9. The summed E-state index contributed by atoms with van der Waals surface area (Å²) in [7, 11) is 1.35. The lowest BCUT2D eigenvalue weighted by Gasteiger charge is -2.14. The van der Waals surface area contributed by atoms with Gasteiger partial charge in [-0.25, -0.2) is 4.79 Å². The van der Waals surface area contributed by atoms with E-state index in [4.69, 9.17) is 11.5 Å². The zero-order valence-corrected chi connectivity index (χ0v) is 10.00. The summed E-state index contributed by atoms with van der Waals surface area (Å²) in [6.45, 7) is 0.497. The summed E-state index contributed by atoms with van der Waals surface area (Å²) < 4.78 is 4.68. The molecule has 1 atom stereocenters. The number of esters is 1. The van der Waals surface area contributed by atoms with Crippen molar-refractivity contribution in [3.63, 3.8) is 0 Å². The Morgan fingerprint density at radius 3 is 2.62 bits per heavy atom. The average molecular weight is 245 g/mol. The molecule has 0 aliphatic heterocycles. The molecule has 0 aromatic heterocycles. The second kappa shape index (κ2) is 7.22. The standard InChI is InChI=1S/C11H16N2O2.ClH/c1-15-11(14)9-5-3-2-4-8(9)10(13)6-7-12;/h2-5,10H,6-7,12-13H2,1H3;1H/t10-;/m1./s1.